The van der Waals surface area contributed by atoms with Crippen molar-refractivity contribution in [3.8, 4) is 5.75 Å². The minimum absolute atomic E-state index is 0.159. The van der Waals surface area contributed by atoms with E-state index >= 15 is 0 Å². The van der Waals surface area contributed by atoms with E-state index in [9.17, 15) is 22.7 Å². The summed E-state index contributed by atoms with van der Waals surface area (Å²) in [6.45, 7) is 0. The first-order valence-corrected chi connectivity index (χ1v) is 7.29. The molecule has 0 spiro atoms. The number of rotatable bonds is 2. The molecule has 0 aromatic heterocycles. The number of fused-ring (bicyclic) bond motifs is 2. The van der Waals surface area contributed by atoms with Crippen LogP contribution < -0.4 is 10.1 Å². The van der Waals surface area contributed by atoms with E-state index in [-0.39, 0.29) is 12.1 Å². The van der Waals surface area contributed by atoms with Gasteiger partial charge in [0.2, 0.25) is 0 Å². The number of ether oxygens (including phenoxy) is 1. The normalized spacial score (nSPS) is 31.9. The van der Waals surface area contributed by atoms with Gasteiger partial charge in [0.05, 0.1) is 5.60 Å². The summed E-state index contributed by atoms with van der Waals surface area (Å²) < 4.78 is 53.9. The second-order valence-electron chi connectivity index (χ2n) is 6.12. The molecule has 2 heterocycles. The first kappa shape index (κ1) is 15.6. The summed E-state index contributed by atoms with van der Waals surface area (Å²) in [6.07, 6.45) is -1.10. The summed E-state index contributed by atoms with van der Waals surface area (Å²) in [5.41, 5.74) is -0.906. The molecule has 2 bridgehead atoms. The SMILES string of the molecule is OC1(c2ccc(OC(F)(F)F)c(F)c2)CC2CCCC(C1)N2. The molecule has 0 amide bonds. The van der Waals surface area contributed by atoms with Gasteiger partial charge in [0, 0.05) is 12.1 Å². The van der Waals surface area contributed by atoms with Crippen LogP contribution in [0.5, 0.6) is 5.75 Å². The Morgan fingerprint density at radius 2 is 1.82 bits per heavy atom. The van der Waals surface area contributed by atoms with E-state index in [1.165, 1.54) is 6.07 Å². The summed E-state index contributed by atoms with van der Waals surface area (Å²) in [4.78, 5) is 0. The molecular formula is C15H17F4NO2. The third kappa shape index (κ3) is 3.20. The van der Waals surface area contributed by atoms with Crippen molar-refractivity contribution in [1.29, 1.82) is 0 Å². The third-order valence-electron chi connectivity index (χ3n) is 4.44. The Bertz CT molecular complexity index is 549. The maximum atomic E-state index is 13.8. The maximum absolute atomic E-state index is 13.8. The lowest BCUT2D eigenvalue weighted by molar-refractivity contribution is -0.275. The minimum Gasteiger partial charge on any atom is -0.403 e. The third-order valence-corrected chi connectivity index (χ3v) is 4.44. The second-order valence-corrected chi connectivity index (χ2v) is 6.12. The molecule has 1 aromatic carbocycles. The van der Waals surface area contributed by atoms with Crippen molar-refractivity contribution in [2.75, 3.05) is 0 Å². The topological polar surface area (TPSA) is 41.5 Å². The molecule has 2 unspecified atom stereocenters. The number of benzene rings is 1. The van der Waals surface area contributed by atoms with Crippen molar-refractivity contribution in [3.05, 3.63) is 29.6 Å². The zero-order valence-electron chi connectivity index (χ0n) is 11.8. The first-order chi connectivity index (χ1) is 10.3. The van der Waals surface area contributed by atoms with Gasteiger partial charge in [0.25, 0.3) is 0 Å². The smallest absolute Gasteiger partial charge is 0.403 e. The number of hydrogen-bond acceptors (Lipinski definition) is 3. The molecule has 2 aliphatic heterocycles. The number of piperidine rings is 2. The van der Waals surface area contributed by atoms with Crippen LogP contribution in [0.3, 0.4) is 0 Å². The van der Waals surface area contributed by atoms with Gasteiger partial charge in [-0.05, 0) is 43.4 Å². The van der Waals surface area contributed by atoms with E-state index in [4.69, 9.17) is 0 Å². The first-order valence-electron chi connectivity index (χ1n) is 7.29. The minimum atomic E-state index is -4.94. The number of halogens is 4. The Labute approximate surface area is 125 Å². The lowest BCUT2D eigenvalue weighted by Crippen LogP contribution is -2.54. The fourth-order valence-corrected chi connectivity index (χ4v) is 3.56. The van der Waals surface area contributed by atoms with Crippen molar-refractivity contribution in [3.63, 3.8) is 0 Å². The molecule has 2 aliphatic rings. The van der Waals surface area contributed by atoms with Crippen LogP contribution in [0.25, 0.3) is 0 Å². The van der Waals surface area contributed by atoms with Crippen LogP contribution in [-0.2, 0) is 5.60 Å². The second kappa shape index (κ2) is 5.38. The average Bonchev–Trinajstić information content (AvgIpc) is 2.39. The Kier molecular flexibility index (Phi) is 3.81. The van der Waals surface area contributed by atoms with Crippen LogP contribution in [0.15, 0.2) is 18.2 Å². The lowest BCUT2D eigenvalue weighted by Gasteiger charge is -2.45. The molecule has 0 radical (unpaired) electrons. The summed E-state index contributed by atoms with van der Waals surface area (Å²) >= 11 is 0. The number of nitrogens with one attached hydrogen (secondary N) is 1. The van der Waals surface area contributed by atoms with Gasteiger partial charge in [-0.1, -0.05) is 12.5 Å². The van der Waals surface area contributed by atoms with Gasteiger partial charge in [-0.2, -0.15) is 0 Å². The number of hydrogen-bond donors (Lipinski definition) is 2. The van der Waals surface area contributed by atoms with E-state index < -0.39 is 23.5 Å². The van der Waals surface area contributed by atoms with Gasteiger partial charge < -0.3 is 15.2 Å². The standard InChI is InChI=1S/C15H17F4NO2/c16-12-6-9(4-5-13(12)22-15(17,18)19)14(21)7-10-2-1-3-11(8-14)20-10/h4-6,10-11,20-21H,1-3,7-8H2. The lowest BCUT2D eigenvalue weighted by atomic mass is 9.74. The van der Waals surface area contributed by atoms with E-state index in [1.54, 1.807) is 0 Å². The maximum Gasteiger partial charge on any atom is 0.573 e. The largest absolute Gasteiger partial charge is 0.573 e. The fourth-order valence-electron chi connectivity index (χ4n) is 3.56. The highest BCUT2D eigenvalue weighted by molar-refractivity contribution is 5.33. The molecule has 0 aliphatic carbocycles. The molecule has 2 fully saturated rings. The van der Waals surface area contributed by atoms with Crippen LogP contribution in [0.4, 0.5) is 17.6 Å². The van der Waals surface area contributed by atoms with Crippen molar-refractivity contribution in [2.24, 2.45) is 0 Å². The predicted molar refractivity (Wildman–Crippen MR) is 70.8 cm³/mol. The van der Waals surface area contributed by atoms with Crippen molar-refractivity contribution in [1.82, 2.24) is 5.32 Å². The molecule has 3 nitrogen and oxygen atoms in total. The van der Waals surface area contributed by atoms with E-state index in [0.29, 0.717) is 18.4 Å². The molecule has 122 valence electrons. The average molecular weight is 319 g/mol. The van der Waals surface area contributed by atoms with E-state index in [0.717, 1.165) is 31.4 Å². The van der Waals surface area contributed by atoms with E-state index in [2.05, 4.69) is 10.1 Å². The van der Waals surface area contributed by atoms with Crippen molar-refractivity contribution in [2.45, 2.75) is 56.2 Å². The summed E-state index contributed by atoms with van der Waals surface area (Å²) in [7, 11) is 0. The van der Waals surface area contributed by atoms with Crippen LogP contribution in [0.1, 0.15) is 37.7 Å². The zero-order valence-corrected chi connectivity index (χ0v) is 11.8. The monoisotopic (exact) mass is 319 g/mol. The molecule has 3 rings (SSSR count). The molecule has 22 heavy (non-hydrogen) atoms. The summed E-state index contributed by atoms with van der Waals surface area (Å²) in [6, 6.07) is 3.50. The number of alkyl halides is 3. The molecule has 0 saturated carbocycles. The van der Waals surface area contributed by atoms with E-state index in [1.807, 2.05) is 0 Å². The van der Waals surface area contributed by atoms with Gasteiger partial charge in [0.15, 0.2) is 11.6 Å². The Hall–Kier alpha value is -1.34. The van der Waals surface area contributed by atoms with Gasteiger partial charge in [-0.25, -0.2) is 4.39 Å². The molecule has 2 atom stereocenters. The van der Waals surface area contributed by atoms with Crippen LogP contribution >= 0.6 is 0 Å². The molecule has 2 saturated heterocycles. The highest BCUT2D eigenvalue weighted by Gasteiger charge is 2.42. The van der Waals surface area contributed by atoms with Crippen molar-refractivity contribution < 1.29 is 27.4 Å². The molecular weight excluding hydrogens is 302 g/mol. The quantitative estimate of drug-likeness (QED) is 0.823. The fraction of sp³-hybridized carbons (Fsp3) is 0.600. The molecule has 7 heteroatoms. The highest BCUT2D eigenvalue weighted by atomic mass is 19.4. The Morgan fingerprint density at radius 1 is 1.18 bits per heavy atom. The van der Waals surface area contributed by atoms with Crippen molar-refractivity contribution >= 4 is 0 Å². The summed E-state index contributed by atoms with van der Waals surface area (Å²) in [5.74, 6) is -2.00. The van der Waals surface area contributed by atoms with Crippen LogP contribution in [0, 0.1) is 5.82 Å². The van der Waals surface area contributed by atoms with Crippen LogP contribution in [0.2, 0.25) is 0 Å². The predicted octanol–water partition coefficient (Wildman–Crippen LogP) is 3.22. The number of aliphatic hydroxyl groups is 1. The van der Waals surface area contributed by atoms with Gasteiger partial charge in [0.1, 0.15) is 0 Å². The van der Waals surface area contributed by atoms with Gasteiger partial charge in [-0.3, -0.25) is 0 Å². The Balaban J connectivity index is 1.84. The van der Waals surface area contributed by atoms with Gasteiger partial charge in [-0.15, -0.1) is 13.2 Å². The molecule has 2 N–H and O–H groups in total. The highest BCUT2D eigenvalue weighted by Crippen LogP contribution is 2.40. The molecule has 1 aromatic rings. The van der Waals surface area contributed by atoms with Crippen LogP contribution in [-0.4, -0.2) is 23.6 Å². The summed E-state index contributed by atoms with van der Waals surface area (Å²) in [5, 5.41) is 14.2. The Morgan fingerprint density at radius 3 is 2.36 bits per heavy atom. The zero-order chi connectivity index (χ0) is 16.0. The van der Waals surface area contributed by atoms with Gasteiger partial charge >= 0.3 is 6.36 Å².